The van der Waals surface area contributed by atoms with Crippen molar-refractivity contribution in [2.24, 2.45) is 5.92 Å². The molecule has 1 saturated heterocycles. The Hall–Kier alpha value is -1.55. The minimum atomic E-state index is 0.122. The number of carbonyl (C=O) groups excluding carboxylic acids is 1. The number of benzene rings is 1. The van der Waals surface area contributed by atoms with Gasteiger partial charge in [-0.25, -0.2) is 0 Å². The lowest BCUT2D eigenvalue weighted by molar-refractivity contribution is -0.126. The van der Waals surface area contributed by atoms with Crippen molar-refractivity contribution in [3.8, 4) is 5.75 Å². The second kappa shape index (κ2) is 5.68. The van der Waals surface area contributed by atoms with Crippen LogP contribution in [0.1, 0.15) is 5.56 Å². The van der Waals surface area contributed by atoms with Gasteiger partial charge in [-0.3, -0.25) is 4.79 Å². The van der Waals surface area contributed by atoms with Gasteiger partial charge in [0.15, 0.2) is 0 Å². The largest absolute Gasteiger partial charge is 0.492 e. The average Bonchev–Trinajstić information content (AvgIpc) is 2.24. The van der Waals surface area contributed by atoms with Gasteiger partial charge in [-0.1, -0.05) is 17.7 Å². The lowest BCUT2D eigenvalue weighted by atomic mass is 10.0. The highest BCUT2D eigenvalue weighted by atomic mass is 16.5. The first kappa shape index (κ1) is 11.9. The lowest BCUT2D eigenvalue weighted by Gasteiger charge is -2.25. The van der Waals surface area contributed by atoms with E-state index in [4.69, 9.17) is 4.74 Å². The maximum atomic E-state index is 11.5. The summed E-state index contributed by atoms with van der Waals surface area (Å²) in [7, 11) is 0. The van der Waals surface area contributed by atoms with Gasteiger partial charge in [0.2, 0.25) is 5.91 Å². The Morgan fingerprint density at radius 1 is 1.41 bits per heavy atom. The topological polar surface area (TPSA) is 50.4 Å². The van der Waals surface area contributed by atoms with E-state index < -0.39 is 0 Å². The first-order valence-electron chi connectivity index (χ1n) is 5.93. The molecule has 4 heteroatoms. The molecule has 1 fully saturated rings. The summed E-state index contributed by atoms with van der Waals surface area (Å²) >= 11 is 0. The van der Waals surface area contributed by atoms with Crippen LogP contribution in [0, 0.1) is 12.8 Å². The van der Waals surface area contributed by atoms with E-state index in [1.54, 1.807) is 0 Å². The summed E-state index contributed by atoms with van der Waals surface area (Å²) in [5.74, 6) is 1.11. The van der Waals surface area contributed by atoms with Gasteiger partial charge in [0.25, 0.3) is 0 Å². The molecule has 0 atom stereocenters. The highest BCUT2D eigenvalue weighted by molar-refractivity contribution is 5.79. The van der Waals surface area contributed by atoms with Crippen molar-refractivity contribution in [1.82, 2.24) is 10.6 Å². The number of amides is 1. The molecule has 4 nitrogen and oxygen atoms in total. The van der Waals surface area contributed by atoms with Crippen molar-refractivity contribution in [2.75, 3.05) is 26.2 Å². The maximum Gasteiger partial charge on any atom is 0.225 e. The summed E-state index contributed by atoms with van der Waals surface area (Å²) in [6, 6.07) is 7.89. The number of hydrogen-bond acceptors (Lipinski definition) is 3. The molecule has 0 radical (unpaired) electrons. The first-order valence-corrected chi connectivity index (χ1v) is 5.93. The van der Waals surface area contributed by atoms with Gasteiger partial charge in [-0.2, -0.15) is 0 Å². The van der Waals surface area contributed by atoms with Gasteiger partial charge in [0.05, 0.1) is 12.5 Å². The fourth-order valence-electron chi connectivity index (χ4n) is 1.60. The molecular weight excluding hydrogens is 216 g/mol. The Balaban J connectivity index is 1.62. The summed E-state index contributed by atoms with van der Waals surface area (Å²) in [5, 5.41) is 5.93. The number of carbonyl (C=O) groups is 1. The Kier molecular flexibility index (Phi) is 3.98. The molecule has 1 heterocycles. The average molecular weight is 234 g/mol. The monoisotopic (exact) mass is 234 g/mol. The maximum absolute atomic E-state index is 11.5. The molecular formula is C13H18N2O2. The predicted molar refractivity (Wildman–Crippen MR) is 66.0 cm³/mol. The number of rotatable bonds is 5. The van der Waals surface area contributed by atoms with Gasteiger partial charge in [0.1, 0.15) is 12.4 Å². The zero-order chi connectivity index (χ0) is 12.1. The fraction of sp³-hybridized carbons (Fsp3) is 0.462. The normalized spacial score (nSPS) is 15.1. The smallest absolute Gasteiger partial charge is 0.225 e. The molecule has 1 aliphatic heterocycles. The van der Waals surface area contributed by atoms with Crippen LogP contribution in [0.3, 0.4) is 0 Å². The summed E-state index contributed by atoms with van der Waals surface area (Å²) in [6.07, 6.45) is 0. The molecule has 0 bridgehead atoms. The van der Waals surface area contributed by atoms with E-state index in [0.717, 1.165) is 18.8 Å². The van der Waals surface area contributed by atoms with E-state index in [0.29, 0.717) is 13.2 Å². The zero-order valence-electron chi connectivity index (χ0n) is 10.0. The molecule has 17 heavy (non-hydrogen) atoms. The van der Waals surface area contributed by atoms with Gasteiger partial charge in [0, 0.05) is 13.1 Å². The van der Waals surface area contributed by atoms with Crippen LogP contribution in [0.5, 0.6) is 5.75 Å². The van der Waals surface area contributed by atoms with Crippen LogP contribution in [0.15, 0.2) is 24.3 Å². The van der Waals surface area contributed by atoms with E-state index in [2.05, 4.69) is 10.6 Å². The lowest BCUT2D eigenvalue weighted by Crippen LogP contribution is -2.51. The summed E-state index contributed by atoms with van der Waals surface area (Å²) < 4.78 is 5.51. The van der Waals surface area contributed by atoms with Crippen LogP contribution in [-0.4, -0.2) is 32.1 Å². The van der Waals surface area contributed by atoms with Crippen molar-refractivity contribution in [2.45, 2.75) is 6.92 Å². The van der Waals surface area contributed by atoms with Crippen LogP contribution in [-0.2, 0) is 4.79 Å². The molecule has 92 valence electrons. The zero-order valence-corrected chi connectivity index (χ0v) is 10.0. The van der Waals surface area contributed by atoms with Crippen LogP contribution >= 0.6 is 0 Å². The molecule has 2 N–H and O–H groups in total. The molecule has 1 aromatic rings. The number of nitrogens with one attached hydrogen (secondary N) is 2. The quantitative estimate of drug-likeness (QED) is 0.738. The van der Waals surface area contributed by atoms with Crippen molar-refractivity contribution in [3.05, 3.63) is 29.8 Å². The van der Waals surface area contributed by atoms with Crippen LogP contribution < -0.4 is 15.4 Å². The molecule has 1 aliphatic rings. The molecule has 0 aromatic heterocycles. The SMILES string of the molecule is Cc1ccc(OCCNC(=O)C2CNC2)cc1. The summed E-state index contributed by atoms with van der Waals surface area (Å²) in [4.78, 5) is 11.5. The van der Waals surface area contributed by atoms with Crippen LogP contribution in [0.2, 0.25) is 0 Å². The Bertz CT molecular complexity index is 372. The highest BCUT2D eigenvalue weighted by Crippen LogP contribution is 2.10. The minimum Gasteiger partial charge on any atom is -0.492 e. The first-order chi connectivity index (χ1) is 8.25. The van der Waals surface area contributed by atoms with Crippen molar-refractivity contribution in [1.29, 1.82) is 0 Å². The Morgan fingerprint density at radius 2 is 2.12 bits per heavy atom. The molecule has 0 spiro atoms. The molecule has 1 aromatic carbocycles. The number of hydrogen-bond donors (Lipinski definition) is 2. The molecule has 1 amide bonds. The fourth-order valence-corrected chi connectivity index (χ4v) is 1.60. The van der Waals surface area contributed by atoms with Gasteiger partial charge < -0.3 is 15.4 Å². The standard InChI is InChI=1S/C13H18N2O2/c1-10-2-4-12(5-3-10)17-7-6-15-13(16)11-8-14-9-11/h2-5,11,14H,6-9H2,1H3,(H,15,16). The van der Waals surface area contributed by atoms with E-state index in [1.165, 1.54) is 5.56 Å². The van der Waals surface area contributed by atoms with E-state index in [1.807, 2.05) is 31.2 Å². The van der Waals surface area contributed by atoms with Gasteiger partial charge >= 0.3 is 0 Å². The second-order valence-electron chi connectivity index (χ2n) is 4.31. The van der Waals surface area contributed by atoms with Crippen molar-refractivity contribution >= 4 is 5.91 Å². The van der Waals surface area contributed by atoms with Crippen molar-refractivity contribution in [3.63, 3.8) is 0 Å². The predicted octanol–water partition coefficient (Wildman–Crippen LogP) is 0.709. The Labute approximate surface area is 101 Å². The van der Waals surface area contributed by atoms with Crippen LogP contribution in [0.25, 0.3) is 0 Å². The minimum absolute atomic E-state index is 0.122. The third-order valence-corrected chi connectivity index (χ3v) is 2.84. The van der Waals surface area contributed by atoms with E-state index >= 15 is 0 Å². The van der Waals surface area contributed by atoms with Crippen molar-refractivity contribution < 1.29 is 9.53 Å². The number of ether oxygens (including phenoxy) is 1. The van der Waals surface area contributed by atoms with E-state index in [-0.39, 0.29) is 11.8 Å². The van der Waals surface area contributed by atoms with Gasteiger partial charge in [-0.15, -0.1) is 0 Å². The second-order valence-corrected chi connectivity index (χ2v) is 4.31. The third kappa shape index (κ3) is 3.46. The molecule has 0 saturated carbocycles. The van der Waals surface area contributed by atoms with Crippen LogP contribution in [0.4, 0.5) is 0 Å². The molecule has 0 aliphatic carbocycles. The molecule has 2 rings (SSSR count). The summed E-state index contributed by atoms with van der Waals surface area (Å²) in [5.41, 5.74) is 1.21. The Morgan fingerprint density at radius 3 is 2.71 bits per heavy atom. The van der Waals surface area contributed by atoms with Gasteiger partial charge in [-0.05, 0) is 19.1 Å². The van der Waals surface area contributed by atoms with E-state index in [9.17, 15) is 4.79 Å². The highest BCUT2D eigenvalue weighted by Gasteiger charge is 2.23. The summed E-state index contributed by atoms with van der Waals surface area (Å²) in [6.45, 7) is 4.70. The molecule has 0 unspecified atom stereocenters. The third-order valence-electron chi connectivity index (χ3n) is 2.84. The number of aryl methyl sites for hydroxylation is 1.